The van der Waals surface area contributed by atoms with E-state index in [-0.39, 0.29) is 39.8 Å². The van der Waals surface area contributed by atoms with Crippen LogP contribution in [-0.4, -0.2) is 65.2 Å². The molecule has 1 aromatic carbocycles. The lowest BCUT2D eigenvalue weighted by molar-refractivity contribution is 0.1000. The molecule has 1 aliphatic heterocycles. The lowest BCUT2D eigenvalue weighted by Crippen LogP contribution is -2.46. The smallest absolute Gasteiger partial charge is 0.256 e. The van der Waals surface area contributed by atoms with Gasteiger partial charge in [-0.2, -0.15) is 4.98 Å². The van der Waals surface area contributed by atoms with Crippen LogP contribution in [0.3, 0.4) is 0 Å². The molecule has 3 aromatic rings. The maximum Gasteiger partial charge on any atom is 0.256 e. The fraction of sp³-hybridized carbons (Fsp3) is 0.391. The summed E-state index contributed by atoms with van der Waals surface area (Å²) in [6, 6.07) is 3.22. The number of carbonyl (C=O) groups is 1. The first kappa shape index (κ1) is 24.2. The second kappa shape index (κ2) is 9.74. The Morgan fingerprint density at radius 3 is 2.51 bits per heavy atom. The van der Waals surface area contributed by atoms with Gasteiger partial charge in [0.05, 0.1) is 12.5 Å². The van der Waals surface area contributed by atoms with Crippen molar-refractivity contribution < 1.29 is 13.9 Å². The minimum Gasteiger partial charge on any atom is -0.494 e. The summed E-state index contributed by atoms with van der Waals surface area (Å²) in [5.41, 5.74) is 11.4. The van der Waals surface area contributed by atoms with Crippen LogP contribution >= 0.6 is 0 Å². The van der Waals surface area contributed by atoms with Gasteiger partial charge in [0, 0.05) is 50.7 Å². The van der Waals surface area contributed by atoms with Gasteiger partial charge in [0.25, 0.3) is 5.91 Å². The molecule has 11 nitrogen and oxygen atoms in total. The van der Waals surface area contributed by atoms with Gasteiger partial charge >= 0.3 is 0 Å². The number of nitrogens with one attached hydrogen (secondary N) is 1. The largest absolute Gasteiger partial charge is 0.494 e. The minimum atomic E-state index is -0.929. The summed E-state index contributed by atoms with van der Waals surface area (Å²) >= 11 is 0. The number of nitrogen functional groups attached to an aromatic ring is 1. The number of benzene rings is 1. The average molecular weight is 485 g/mol. The number of ether oxygens (including phenoxy) is 1. The van der Waals surface area contributed by atoms with Crippen LogP contribution in [0.1, 0.15) is 24.2 Å². The van der Waals surface area contributed by atoms with E-state index in [1.54, 1.807) is 13.0 Å². The SMILES string of the molecule is CCN1CCN(c2cc(F)c(Nc3ncc4c(=O)c(C(N)=O)c(N)n(CC)c4n3)c(OC)c2)CC1. The highest BCUT2D eigenvalue weighted by molar-refractivity contribution is 6.00. The van der Waals surface area contributed by atoms with Crippen LogP contribution in [0.15, 0.2) is 23.1 Å². The van der Waals surface area contributed by atoms with E-state index >= 15 is 4.39 Å². The number of aryl methyl sites for hydroxylation is 1. The van der Waals surface area contributed by atoms with Crippen molar-refractivity contribution in [2.75, 3.05) is 55.8 Å². The molecule has 1 saturated heterocycles. The lowest BCUT2D eigenvalue weighted by atomic mass is 10.1. The molecule has 0 spiro atoms. The van der Waals surface area contributed by atoms with E-state index in [9.17, 15) is 9.59 Å². The fourth-order valence-corrected chi connectivity index (χ4v) is 4.32. The maximum absolute atomic E-state index is 15.2. The van der Waals surface area contributed by atoms with Crippen LogP contribution < -0.4 is 31.8 Å². The van der Waals surface area contributed by atoms with Gasteiger partial charge in [0.15, 0.2) is 11.5 Å². The molecule has 0 radical (unpaired) electrons. The van der Waals surface area contributed by atoms with E-state index in [1.807, 2.05) is 0 Å². The topological polar surface area (TPSA) is 145 Å². The molecule has 0 bridgehead atoms. The number of rotatable bonds is 7. The van der Waals surface area contributed by atoms with E-state index in [2.05, 4.69) is 32.0 Å². The average Bonchev–Trinajstić information content (AvgIpc) is 2.85. The first-order valence-electron chi connectivity index (χ1n) is 11.4. The number of anilines is 4. The van der Waals surface area contributed by atoms with Crippen molar-refractivity contribution in [2.45, 2.75) is 20.4 Å². The monoisotopic (exact) mass is 484 g/mol. The predicted molar refractivity (Wildman–Crippen MR) is 133 cm³/mol. The summed E-state index contributed by atoms with van der Waals surface area (Å²) in [6.07, 6.45) is 1.26. The molecule has 1 fully saturated rings. The number of piperazine rings is 1. The van der Waals surface area contributed by atoms with Crippen molar-refractivity contribution in [3.8, 4) is 5.75 Å². The number of primary amides is 1. The number of pyridine rings is 1. The predicted octanol–water partition coefficient (Wildman–Crippen LogP) is 1.53. The van der Waals surface area contributed by atoms with Gasteiger partial charge in [-0.25, -0.2) is 9.37 Å². The molecule has 0 atom stereocenters. The number of carbonyl (C=O) groups excluding carboxylic acids is 1. The second-order valence-corrected chi connectivity index (χ2v) is 8.18. The van der Waals surface area contributed by atoms with Gasteiger partial charge in [-0.05, 0) is 19.5 Å². The number of fused-ring (bicyclic) bond motifs is 1. The Morgan fingerprint density at radius 1 is 1.20 bits per heavy atom. The molecule has 35 heavy (non-hydrogen) atoms. The standard InChI is InChI=1S/C23H29FN8O3/c1-4-30-6-8-31(9-7-30)13-10-15(24)18(16(11-13)35-3)28-23-27-12-14-19(33)17(21(26)34)20(25)32(5-2)22(14)29-23/h10-12H,4-9,25H2,1-3H3,(H2,26,34)(H,27,28,29). The summed E-state index contributed by atoms with van der Waals surface area (Å²) < 4.78 is 22.2. The van der Waals surface area contributed by atoms with Crippen molar-refractivity contribution in [2.24, 2.45) is 5.73 Å². The lowest BCUT2D eigenvalue weighted by Gasteiger charge is -2.35. The number of nitrogens with two attached hydrogens (primary N) is 2. The van der Waals surface area contributed by atoms with Crippen LogP contribution in [0.4, 0.5) is 27.5 Å². The molecule has 1 amide bonds. The van der Waals surface area contributed by atoms with Crippen LogP contribution in [0, 0.1) is 5.82 Å². The summed E-state index contributed by atoms with van der Waals surface area (Å²) in [7, 11) is 1.46. The van der Waals surface area contributed by atoms with Gasteiger partial charge in [0.2, 0.25) is 11.4 Å². The zero-order chi connectivity index (χ0) is 25.3. The highest BCUT2D eigenvalue weighted by Crippen LogP contribution is 2.35. The van der Waals surface area contributed by atoms with Crippen molar-refractivity contribution in [1.29, 1.82) is 0 Å². The first-order chi connectivity index (χ1) is 16.8. The molecular formula is C23H29FN8O3. The molecule has 0 unspecified atom stereocenters. The molecule has 4 rings (SSSR count). The van der Waals surface area contributed by atoms with Crippen molar-refractivity contribution in [3.63, 3.8) is 0 Å². The highest BCUT2D eigenvalue weighted by atomic mass is 19.1. The summed E-state index contributed by atoms with van der Waals surface area (Å²) in [4.78, 5) is 37.5. The summed E-state index contributed by atoms with van der Waals surface area (Å²) in [5, 5.41) is 2.94. The molecule has 0 aliphatic carbocycles. The quantitative estimate of drug-likeness (QED) is 0.454. The van der Waals surface area contributed by atoms with Crippen LogP contribution in [0.25, 0.3) is 11.0 Å². The molecule has 0 saturated carbocycles. The van der Waals surface area contributed by atoms with Gasteiger partial charge < -0.3 is 35.9 Å². The fourth-order valence-electron chi connectivity index (χ4n) is 4.32. The van der Waals surface area contributed by atoms with Gasteiger partial charge in [0.1, 0.15) is 22.8 Å². The van der Waals surface area contributed by atoms with E-state index < -0.39 is 17.2 Å². The normalized spacial score (nSPS) is 14.3. The van der Waals surface area contributed by atoms with Gasteiger partial charge in [-0.1, -0.05) is 6.92 Å². The Bertz CT molecular complexity index is 1330. The number of methoxy groups -OCH3 is 1. The molecule has 12 heteroatoms. The zero-order valence-electron chi connectivity index (χ0n) is 20.0. The van der Waals surface area contributed by atoms with Crippen LogP contribution in [0.2, 0.25) is 0 Å². The Labute approximate surface area is 201 Å². The Balaban J connectivity index is 1.71. The number of nitrogens with zero attached hydrogens (tertiary/aromatic N) is 5. The molecule has 3 heterocycles. The van der Waals surface area contributed by atoms with E-state index in [0.717, 1.165) is 38.4 Å². The molecule has 5 N–H and O–H groups in total. The third-order valence-corrected chi connectivity index (χ3v) is 6.29. The van der Waals surface area contributed by atoms with E-state index in [0.29, 0.717) is 6.54 Å². The highest BCUT2D eigenvalue weighted by Gasteiger charge is 2.22. The number of hydrogen-bond donors (Lipinski definition) is 3. The Kier molecular flexibility index (Phi) is 6.74. The van der Waals surface area contributed by atoms with Gasteiger partial charge in [-0.15, -0.1) is 0 Å². The number of likely N-dealkylation sites (N-methyl/N-ethyl adjacent to an activating group) is 1. The second-order valence-electron chi connectivity index (χ2n) is 8.18. The Morgan fingerprint density at radius 2 is 1.91 bits per heavy atom. The molecule has 186 valence electrons. The first-order valence-corrected chi connectivity index (χ1v) is 11.4. The number of aromatic nitrogens is 3. The van der Waals surface area contributed by atoms with Crippen LogP contribution in [-0.2, 0) is 6.54 Å². The van der Waals surface area contributed by atoms with Gasteiger partial charge in [-0.3, -0.25) is 9.59 Å². The minimum absolute atomic E-state index is 0.0341. The summed E-state index contributed by atoms with van der Waals surface area (Å²) in [5.74, 6) is -1.22. The summed E-state index contributed by atoms with van der Waals surface area (Å²) in [6.45, 7) is 8.61. The van der Waals surface area contributed by atoms with E-state index in [1.165, 1.54) is 23.9 Å². The maximum atomic E-state index is 15.2. The van der Waals surface area contributed by atoms with Crippen molar-refractivity contribution in [1.82, 2.24) is 19.4 Å². The number of hydrogen-bond acceptors (Lipinski definition) is 9. The van der Waals surface area contributed by atoms with Crippen molar-refractivity contribution in [3.05, 3.63) is 39.9 Å². The van der Waals surface area contributed by atoms with E-state index in [4.69, 9.17) is 16.2 Å². The third-order valence-electron chi connectivity index (χ3n) is 6.29. The number of halogens is 1. The molecule has 2 aromatic heterocycles. The molecule has 1 aliphatic rings. The number of amides is 1. The third kappa shape index (κ3) is 4.44. The zero-order valence-corrected chi connectivity index (χ0v) is 20.0. The van der Waals surface area contributed by atoms with Crippen LogP contribution in [0.5, 0.6) is 5.75 Å². The molecular weight excluding hydrogens is 455 g/mol. The Hall–Kier alpha value is -3.93. The van der Waals surface area contributed by atoms with Crippen molar-refractivity contribution >= 4 is 40.1 Å².